The number of imidazole rings is 1. The van der Waals surface area contributed by atoms with Crippen LogP contribution in [0.5, 0.6) is 11.5 Å². The van der Waals surface area contributed by atoms with Crippen LogP contribution in [0.2, 0.25) is 0 Å². The number of benzene rings is 1. The van der Waals surface area contributed by atoms with Crippen LogP contribution in [0.15, 0.2) is 30.6 Å². The second-order valence-corrected chi connectivity index (χ2v) is 7.39. The van der Waals surface area contributed by atoms with Gasteiger partial charge in [-0.15, -0.1) is 0 Å². The zero-order valence-corrected chi connectivity index (χ0v) is 16.6. The Morgan fingerprint density at radius 1 is 1.22 bits per heavy atom. The van der Waals surface area contributed by atoms with Crippen LogP contribution in [-0.2, 0) is 6.54 Å². The molecule has 1 aromatic carbocycles. The molecule has 6 heteroatoms. The third-order valence-electron chi connectivity index (χ3n) is 5.26. The Hall–Kier alpha value is -2.50. The number of likely N-dealkylation sites (tertiary alicyclic amines) is 1. The topological polar surface area (TPSA) is 56.6 Å². The van der Waals surface area contributed by atoms with Crippen molar-refractivity contribution in [3.8, 4) is 11.5 Å². The number of aromatic nitrogens is 2. The van der Waals surface area contributed by atoms with Gasteiger partial charge >= 0.3 is 0 Å². The van der Waals surface area contributed by atoms with Crippen LogP contribution < -0.4 is 9.47 Å². The van der Waals surface area contributed by atoms with E-state index in [-0.39, 0.29) is 5.91 Å². The molecule has 1 fully saturated rings. The number of rotatable bonds is 6. The van der Waals surface area contributed by atoms with Gasteiger partial charge in [0.25, 0.3) is 5.91 Å². The van der Waals surface area contributed by atoms with E-state index in [4.69, 9.17) is 9.47 Å². The molecule has 6 nitrogen and oxygen atoms in total. The molecule has 0 radical (unpaired) electrons. The molecule has 2 heterocycles. The Morgan fingerprint density at radius 2 is 1.96 bits per heavy atom. The standard InChI is InChI=1S/C21H29N3O3/c1-15(2)20-22-9-12-24(20)14-16-7-10-23(11-8-16)21(25)18-6-5-17(26-3)13-19(18)27-4/h5-6,9,12-13,15-16H,7-8,10-11,14H2,1-4H3. The van der Waals surface area contributed by atoms with Crippen molar-refractivity contribution < 1.29 is 14.3 Å². The summed E-state index contributed by atoms with van der Waals surface area (Å²) in [5.41, 5.74) is 0.591. The molecule has 1 amide bonds. The highest BCUT2D eigenvalue weighted by molar-refractivity contribution is 5.97. The molecule has 0 saturated carbocycles. The second kappa shape index (κ2) is 8.46. The number of methoxy groups -OCH3 is 2. The Balaban J connectivity index is 1.62. The predicted octanol–water partition coefficient (Wildman–Crippen LogP) is 3.58. The van der Waals surface area contributed by atoms with Gasteiger partial charge in [-0.25, -0.2) is 4.98 Å². The van der Waals surface area contributed by atoms with Gasteiger partial charge < -0.3 is 18.9 Å². The van der Waals surface area contributed by atoms with Gasteiger partial charge in [0.15, 0.2) is 0 Å². The van der Waals surface area contributed by atoms with Crippen molar-refractivity contribution in [2.45, 2.75) is 39.2 Å². The van der Waals surface area contributed by atoms with E-state index in [9.17, 15) is 4.79 Å². The molecule has 3 rings (SSSR count). The molecule has 1 saturated heterocycles. The van der Waals surface area contributed by atoms with E-state index in [0.717, 1.165) is 38.3 Å². The zero-order valence-electron chi connectivity index (χ0n) is 16.6. The Kier molecular flexibility index (Phi) is 6.04. The third-order valence-corrected chi connectivity index (χ3v) is 5.26. The van der Waals surface area contributed by atoms with Crippen molar-refractivity contribution >= 4 is 5.91 Å². The van der Waals surface area contributed by atoms with E-state index in [2.05, 4.69) is 29.6 Å². The van der Waals surface area contributed by atoms with E-state index in [1.165, 1.54) is 0 Å². The van der Waals surface area contributed by atoms with Crippen molar-refractivity contribution in [2.24, 2.45) is 5.92 Å². The van der Waals surface area contributed by atoms with Crippen molar-refractivity contribution in [3.63, 3.8) is 0 Å². The lowest BCUT2D eigenvalue weighted by atomic mass is 9.96. The summed E-state index contributed by atoms with van der Waals surface area (Å²) in [4.78, 5) is 19.3. The minimum Gasteiger partial charge on any atom is -0.497 e. The maximum Gasteiger partial charge on any atom is 0.257 e. The van der Waals surface area contributed by atoms with Gasteiger partial charge in [-0.05, 0) is 30.9 Å². The first-order chi connectivity index (χ1) is 13.0. The summed E-state index contributed by atoms with van der Waals surface area (Å²) in [5.74, 6) is 3.39. The van der Waals surface area contributed by atoms with Crippen LogP contribution in [0.1, 0.15) is 48.8 Å². The predicted molar refractivity (Wildman–Crippen MR) is 104 cm³/mol. The lowest BCUT2D eigenvalue weighted by Gasteiger charge is -2.33. The molecule has 0 aliphatic carbocycles. The highest BCUT2D eigenvalue weighted by Crippen LogP contribution is 2.28. The fourth-order valence-corrected chi connectivity index (χ4v) is 3.72. The largest absolute Gasteiger partial charge is 0.497 e. The van der Waals surface area contributed by atoms with Crippen LogP contribution in [-0.4, -0.2) is 47.7 Å². The van der Waals surface area contributed by atoms with Crippen molar-refractivity contribution in [2.75, 3.05) is 27.3 Å². The number of carbonyl (C=O) groups is 1. The van der Waals surface area contributed by atoms with Crippen molar-refractivity contribution in [3.05, 3.63) is 42.0 Å². The quantitative estimate of drug-likeness (QED) is 0.779. The third kappa shape index (κ3) is 4.26. The summed E-state index contributed by atoms with van der Waals surface area (Å²) in [6, 6.07) is 5.34. The smallest absolute Gasteiger partial charge is 0.257 e. The summed E-state index contributed by atoms with van der Waals surface area (Å²) in [5, 5.41) is 0. The van der Waals surface area contributed by atoms with Gasteiger partial charge in [0.1, 0.15) is 17.3 Å². The number of hydrogen-bond acceptors (Lipinski definition) is 4. The van der Waals surface area contributed by atoms with Gasteiger partial charge in [-0.2, -0.15) is 0 Å². The first-order valence-corrected chi connectivity index (χ1v) is 9.55. The van der Waals surface area contributed by atoms with E-state index in [0.29, 0.717) is 28.9 Å². The molecule has 1 aliphatic rings. The highest BCUT2D eigenvalue weighted by Gasteiger charge is 2.26. The summed E-state index contributed by atoms with van der Waals surface area (Å²) in [7, 11) is 3.18. The number of nitrogens with zero attached hydrogens (tertiary/aromatic N) is 3. The molecule has 0 bridgehead atoms. The molecular weight excluding hydrogens is 342 g/mol. The lowest BCUT2D eigenvalue weighted by molar-refractivity contribution is 0.0679. The minimum atomic E-state index is 0.0263. The van der Waals surface area contributed by atoms with Gasteiger partial charge in [-0.1, -0.05) is 13.8 Å². The van der Waals surface area contributed by atoms with Crippen LogP contribution >= 0.6 is 0 Å². The number of ether oxygens (including phenoxy) is 2. The number of piperidine rings is 1. The van der Waals surface area contributed by atoms with E-state index in [1.54, 1.807) is 32.4 Å². The summed E-state index contributed by atoms with van der Waals surface area (Å²) < 4.78 is 12.9. The van der Waals surface area contributed by atoms with Gasteiger partial charge in [0.2, 0.25) is 0 Å². The summed E-state index contributed by atoms with van der Waals surface area (Å²) in [6.45, 7) is 6.85. The molecule has 2 aromatic rings. The molecule has 146 valence electrons. The zero-order chi connectivity index (χ0) is 19.4. The Labute approximate surface area is 161 Å². The van der Waals surface area contributed by atoms with Crippen LogP contribution in [0.4, 0.5) is 0 Å². The Bertz CT molecular complexity index is 777. The molecule has 0 spiro atoms. The highest BCUT2D eigenvalue weighted by atomic mass is 16.5. The second-order valence-electron chi connectivity index (χ2n) is 7.39. The first kappa shape index (κ1) is 19.3. The fraction of sp³-hybridized carbons (Fsp3) is 0.524. The number of carbonyl (C=O) groups excluding carboxylic acids is 1. The molecular formula is C21H29N3O3. The van der Waals surface area contributed by atoms with Gasteiger partial charge in [0, 0.05) is 44.0 Å². The molecule has 1 aromatic heterocycles. The monoisotopic (exact) mass is 371 g/mol. The summed E-state index contributed by atoms with van der Waals surface area (Å²) >= 11 is 0. The van der Waals surface area contributed by atoms with Crippen molar-refractivity contribution in [1.82, 2.24) is 14.5 Å². The first-order valence-electron chi connectivity index (χ1n) is 9.55. The van der Waals surface area contributed by atoms with E-state index < -0.39 is 0 Å². The maximum absolute atomic E-state index is 12.9. The van der Waals surface area contributed by atoms with Crippen LogP contribution in [0.25, 0.3) is 0 Å². The van der Waals surface area contributed by atoms with E-state index >= 15 is 0 Å². The maximum atomic E-state index is 12.9. The summed E-state index contributed by atoms with van der Waals surface area (Å²) in [6.07, 6.45) is 5.94. The van der Waals surface area contributed by atoms with Gasteiger partial charge in [0.05, 0.1) is 19.8 Å². The van der Waals surface area contributed by atoms with Crippen LogP contribution in [0.3, 0.4) is 0 Å². The average Bonchev–Trinajstić information content (AvgIpc) is 3.16. The fourth-order valence-electron chi connectivity index (χ4n) is 3.72. The number of amides is 1. The Morgan fingerprint density at radius 3 is 2.59 bits per heavy atom. The van der Waals surface area contributed by atoms with E-state index in [1.807, 2.05) is 11.1 Å². The molecule has 0 N–H and O–H groups in total. The molecule has 0 atom stereocenters. The van der Waals surface area contributed by atoms with Crippen LogP contribution in [0, 0.1) is 5.92 Å². The lowest BCUT2D eigenvalue weighted by Crippen LogP contribution is -2.39. The number of hydrogen-bond donors (Lipinski definition) is 0. The molecule has 1 aliphatic heterocycles. The SMILES string of the molecule is COc1ccc(C(=O)N2CCC(Cn3ccnc3C(C)C)CC2)c(OC)c1. The normalized spacial score (nSPS) is 15.2. The van der Waals surface area contributed by atoms with Crippen molar-refractivity contribution in [1.29, 1.82) is 0 Å². The average molecular weight is 371 g/mol. The minimum absolute atomic E-state index is 0.0263. The van der Waals surface area contributed by atoms with Gasteiger partial charge in [-0.3, -0.25) is 4.79 Å². The molecule has 27 heavy (non-hydrogen) atoms. The molecule has 0 unspecified atom stereocenters.